The highest BCUT2D eigenvalue weighted by atomic mass is 35.5. The zero-order chi connectivity index (χ0) is 21.8. The van der Waals surface area contributed by atoms with Crippen LogP contribution in [0.25, 0.3) is 0 Å². The van der Waals surface area contributed by atoms with Crippen LogP contribution < -0.4 is 26.2 Å². The van der Waals surface area contributed by atoms with Gasteiger partial charge >= 0.3 is 0 Å². The first-order valence-electron chi connectivity index (χ1n) is 10.2. The van der Waals surface area contributed by atoms with Gasteiger partial charge in [0.15, 0.2) is 0 Å². The number of rotatable bonds is 6. The number of nitrogens with one attached hydrogen (secondary N) is 3. The lowest BCUT2D eigenvalue weighted by atomic mass is 10.3. The largest absolute Gasteiger partial charge is 0.369 e. The minimum atomic E-state index is -2.45. The molecule has 0 amide bonds. The lowest BCUT2D eigenvalue weighted by molar-refractivity contribution is 0.588. The third kappa shape index (κ3) is 5.37. The first-order chi connectivity index (χ1) is 14.9. The minimum absolute atomic E-state index is 0.477. The van der Waals surface area contributed by atoms with Crippen molar-refractivity contribution in [2.24, 2.45) is 0 Å². The predicted octanol–water partition coefficient (Wildman–Crippen LogP) is 4.27. The van der Waals surface area contributed by atoms with Crippen molar-refractivity contribution in [2.45, 2.75) is 0 Å². The predicted molar refractivity (Wildman–Crippen MR) is 131 cm³/mol. The summed E-state index contributed by atoms with van der Waals surface area (Å²) in [5.41, 5.74) is 2.58. The van der Waals surface area contributed by atoms with Crippen molar-refractivity contribution in [3.8, 4) is 0 Å². The first-order valence-corrected chi connectivity index (χ1v) is 13.1. The molecule has 2 aromatic heterocycles. The second-order valence-corrected chi connectivity index (χ2v) is 11.4. The fourth-order valence-electron chi connectivity index (χ4n) is 3.54. The smallest absolute Gasteiger partial charge is 0.133 e. The molecule has 0 bridgehead atoms. The monoisotopic (exact) mass is 456 g/mol. The van der Waals surface area contributed by atoms with Gasteiger partial charge in [0.05, 0.1) is 16.9 Å². The molecular weight excluding hydrogens is 431 g/mol. The van der Waals surface area contributed by atoms with E-state index in [4.69, 9.17) is 11.6 Å². The summed E-state index contributed by atoms with van der Waals surface area (Å²) in [4.78, 5) is 11.1. The molecule has 0 atom stereocenters. The van der Waals surface area contributed by atoms with E-state index in [1.54, 1.807) is 25.7 Å². The number of anilines is 5. The Bertz CT molecular complexity index is 1110. The molecule has 0 saturated carbocycles. The maximum absolute atomic E-state index is 12.7. The van der Waals surface area contributed by atoms with Crippen LogP contribution >= 0.6 is 18.7 Å². The van der Waals surface area contributed by atoms with Crippen LogP contribution in [0.1, 0.15) is 0 Å². The summed E-state index contributed by atoms with van der Waals surface area (Å²) in [6, 6.07) is 13.4. The Morgan fingerprint density at radius 1 is 1.00 bits per heavy atom. The Kier molecular flexibility index (Phi) is 6.46. The Hall–Kier alpha value is -2.60. The van der Waals surface area contributed by atoms with Gasteiger partial charge in [-0.15, -0.1) is 0 Å². The van der Waals surface area contributed by atoms with E-state index in [1.807, 2.05) is 42.5 Å². The van der Waals surface area contributed by atoms with Gasteiger partial charge in [-0.05, 0) is 31.5 Å². The van der Waals surface area contributed by atoms with Gasteiger partial charge in [-0.25, -0.2) is 9.97 Å². The van der Waals surface area contributed by atoms with Crippen LogP contribution in [0.15, 0.2) is 54.9 Å². The number of nitrogens with zero attached hydrogens (tertiary/aromatic N) is 3. The molecule has 0 spiro atoms. The van der Waals surface area contributed by atoms with E-state index in [1.165, 1.54) is 0 Å². The van der Waals surface area contributed by atoms with Crippen molar-refractivity contribution in [2.75, 3.05) is 55.0 Å². The van der Waals surface area contributed by atoms with Gasteiger partial charge < -0.3 is 25.4 Å². The fourth-order valence-corrected chi connectivity index (χ4v) is 4.84. The molecule has 4 rings (SSSR count). The van der Waals surface area contributed by atoms with Crippen molar-refractivity contribution >= 4 is 52.7 Å². The molecule has 1 aromatic carbocycles. The Morgan fingerprint density at radius 2 is 1.74 bits per heavy atom. The van der Waals surface area contributed by atoms with Crippen LogP contribution in [-0.4, -0.2) is 49.5 Å². The Balaban J connectivity index is 1.56. The zero-order valence-corrected chi connectivity index (χ0v) is 19.3. The molecule has 3 aromatic rings. The van der Waals surface area contributed by atoms with Gasteiger partial charge in [-0.3, -0.25) is 0 Å². The SMILES string of the molecule is CP(C)(=O)c1ccccc1Nc1cc(Nc2cc(N3CCNCC3)ccn2)ncc1Cl. The Morgan fingerprint density at radius 3 is 2.52 bits per heavy atom. The lowest BCUT2D eigenvalue weighted by Crippen LogP contribution is -2.43. The van der Waals surface area contributed by atoms with E-state index >= 15 is 0 Å². The molecule has 0 radical (unpaired) electrons. The van der Waals surface area contributed by atoms with Crippen molar-refractivity contribution < 1.29 is 4.57 Å². The maximum Gasteiger partial charge on any atom is 0.133 e. The van der Waals surface area contributed by atoms with Crippen LogP contribution in [0, 0.1) is 0 Å². The fraction of sp³-hybridized carbons (Fsp3) is 0.273. The van der Waals surface area contributed by atoms with Crippen molar-refractivity contribution in [1.29, 1.82) is 0 Å². The third-order valence-electron chi connectivity index (χ3n) is 5.09. The third-order valence-corrected chi connectivity index (χ3v) is 6.94. The second-order valence-electron chi connectivity index (χ2n) is 7.80. The number of pyridine rings is 2. The highest BCUT2D eigenvalue weighted by Gasteiger charge is 2.17. The molecule has 3 heterocycles. The van der Waals surface area contributed by atoms with Gasteiger partial charge in [0.2, 0.25) is 0 Å². The van der Waals surface area contributed by atoms with E-state index in [-0.39, 0.29) is 0 Å². The number of para-hydroxylation sites is 1. The summed E-state index contributed by atoms with van der Waals surface area (Å²) in [6.45, 7) is 7.40. The first kappa shape index (κ1) is 21.6. The average Bonchev–Trinajstić information content (AvgIpc) is 2.76. The van der Waals surface area contributed by atoms with Crippen LogP contribution in [0.4, 0.5) is 28.7 Å². The van der Waals surface area contributed by atoms with Crippen LogP contribution in [-0.2, 0) is 4.57 Å². The normalized spacial score (nSPS) is 14.4. The summed E-state index contributed by atoms with van der Waals surface area (Å²) in [5, 5.41) is 11.2. The highest BCUT2D eigenvalue weighted by molar-refractivity contribution is 7.70. The number of halogens is 1. The molecule has 3 N–H and O–H groups in total. The molecule has 0 unspecified atom stereocenters. The number of hydrogen-bond acceptors (Lipinski definition) is 7. The van der Waals surface area contributed by atoms with Crippen LogP contribution in [0.5, 0.6) is 0 Å². The highest BCUT2D eigenvalue weighted by Crippen LogP contribution is 2.39. The molecule has 1 aliphatic heterocycles. The molecule has 1 aliphatic rings. The summed E-state index contributed by atoms with van der Waals surface area (Å²) in [7, 11) is -2.45. The van der Waals surface area contributed by atoms with Gasteiger partial charge in [-0.1, -0.05) is 23.7 Å². The maximum atomic E-state index is 12.7. The van der Waals surface area contributed by atoms with E-state index in [9.17, 15) is 4.57 Å². The number of hydrogen-bond donors (Lipinski definition) is 3. The number of aromatic nitrogens is 2. The summed E-state index contributed by atoms with van der Waals surface area (Å²) in [5.74, 6) is 1.33. The Labute approximate surface area is 187 Å². The van der Waals surface area contributed by atoms with Crippen molar-refractivity contribution in [1.82, 2.24) is 15.3 Å². The van der Waals surface area contributed by atoms with Crippen molar-refractivity contribution in [3.63, 3.8) is 0 Å². The molecule has 0 aliphatic carbocycles. The van der Waals surface area contributed by atoms with E-state index in [0.717, 1.165) is 42.9 Å². The molecule has 1 saturated heterocycles. The zero-order valence-electron chi connectivity index (χ0n) is 17.6. The lowest BCUT2D eigenvalue weighted by Gasteiger charge is -2.29. The molecule has 1 fully saturated rings. The van der Waals surface area contributed by atoms with E-state index < -0.39 is 7.14 Å². The van der Waals surface area contributed by atoms with E-state index in [2.05, 4.69) is 30.8 Å². The van der Waals surface area contributed by atoms with E-state index in [0.29, 0.717) is 22.3 Å². The average molecular weight is 457 g/mol. The van der Waals surface area contributed by atoms with Crippen molar-refractivity contribution in [3.05, 3.63) is 59.9 Å². The molecule has 9 heteroatoms. The molecule has 31 heavy (non-hydrogen) atoms. The van der Waals surface area contributed by atoms with Crippen LogP contribution in [0.3, 0.4) is 0 Å². The molecular formula is C22H26ClN6OP. The van der Waals surface area contributed by atoms with Gasteiger partial charge in [-0.2, -0.15) is 0 Å². The number of benzene rings is 1. The summed E-state index contributed by atoms with van der Waals surface area (Å²) >= 11 is 6.39. The molecule has 162 valence electrons. The summed E-state index contributed by atoms with van der Waals surface area (Å²) in [6.07, 6.45) is 3.39. The summed E-state index contributed by atoms with van der Waals surface area (Å²) < 4.78 is 12.7. The quantitative estimate of drug-likeness (QED) is 0.478. The van der Waals surface area contributed by atoms with Gasteiger partial charge in [0.25, 0.3) is 0 Å². The van der Waals surface area contributed by atoms with Crippen LogP contribution in [0.2, 0.25) is 5.02 Å². The van der Waals surface area contributed by atoms with Gasteiger partial charge in [0.1, 0.15) is 18.8 Å². The minimum Gasteiger partial charge on any atom is -0.369 e. The van der Waals surface area contributed by atoms with Gasteiger partial charge in [0, 0.05) is 61.2 Å². The molecule has 7 nitrogen and oxygen atoms in total. The topological polar surface area (TPSA) is 82.2 Å². The number of piperazine rings is 1. The second kappa shape index (κ2) is 9.27. The standard InChI is InChI=1S/C22H26ClN6OP/c1-31(2,30)20-6-4-3-5-18(20)27-19-14-22(26-15-17(19)23)28-21-13-16(7-8-25-21)29-11-9-24-10-12-29/h3-8,13-15,24H,9-12H2,1-2H3,(H2,25,26,27,28).